The van der Waals surface area contributed by atoms with Crippen LogP contribution in [0.2, 0.25) is 5.04 Å². The highest BCUT2D eigenvalue weighted by molar-refractivity contribution is 9.10. The third kappa shape index (κ3) is 5.27. The summed E-state index contributed by atoms with van der Waals surface area (Å²) in [7, 11) is -2.78. The van der Waals surface area contributed by atoms with Crippen molar-refractivity contribution in [1.29, 1.82) is 0 Å². The minimum atomic E-state index is -2.78. The van der Waals surface area contributed by atoms with Gasteiger partial charge >= 0.3 is 6.09 Å². The number of halogens is 1. The summed E-state index contributed by atoms with van der Waals surface area (Å²) in [6.07, 6.45) is 2.48. The maximum atomic E-state index is 12.1. The van der Waals surface area contributed by atoms with Crippen molar-refractivity contribution >= 4 is 46.7 Å². The van der Waals surface area contributed by atoms with Crippen molar-refractivity contribution in [3.05, 3.63) is 77.5 Å². The van der Waals surface area contributed by atoms with Crippen molar-refractivity contribution < 1.29 is 14.3 Å². The molecule has 2 heterocycles. The van der Waals surface area contributed by atoms with E-state index < -0.39 is 14.4 Å². The molecule has 1 aromatic heterocycles. The van der Waals surface area contributed by atoms with Gasteiger partial charge in [-0.3, -0.25) is 4.90 Å². The third-order valence-corrected chi connectivity index (χ3v) is 11.9. The Morgan fingerprint density at radius 1 is 1.03 bits per heavy atom. The van der Waals surface area contributed by atoms with E-state index in [4.69, 9.17) is 4.43 Å². The quantitative estimate of drug-likeness (QED) is 0.464. The van der Waals surface area contributed by atoms with Crippen LogP contribution in [-0.4, -0.2) is 66.7 Å². The predicted molar refractivity (Wildman–Crippen MR) is 144 cm³/mol. The Morgan fingerprint density at radius 3 is 2.06 bits per heavy atom. The Balaban J connectivity index is 1.69. The molecule has 0 aliphatic carbocycles. The molecule has 184 valence electrons. The molecule has 35 heavy (non-hydrogen) atoms. The van der Waals surface area contributed by atoms with E-state index >= 15 is 0 Å². The monoisotopic (exact) mass is 554 g/mol. The number of carbonyl (C=O) groups is 1. The van der Waals surface area contributed by atoms with Crippen LogP contribution in [0.4, 0.5) is 10.7 Å². The summed E-state index contributed by atoms with van der Waals surface area (Å²) in [4.78, 5) is 24.5. The van der Waals surface area contributed by atoms with Gasteiger partial charge in [-0.05, 0) is 31.3 Å². The lowest BCUT2D eigenvalue weighted by Gasteiger charge is -2.46. The molecule has 0 spiro atoms. The lowest BCUT2D eigenvalue weighted by molar-refractivity contribution is 0.0941. The lowest BCUT2D eigenvalue weighted by atomic mass is 10.2. The van der Waals surface area contributed by atoms with Crippen LogP contribution in [0.15, 0.2) is 77.5 Å². The van der Waals surface area contributed by atoms with E-state index in [9.17, 15) is 9.90 Å². The van der Waals surface area contributed by atoms with Crippen molar-refractivity contribution in [1.82, 2.24) is 14.9 Å². The molecule has 9 heteroatoms. The third-order valence-electron chi connectivity index (χ3n) is 6.53. The largest absolute Gasteiger partial charge is 0.465 e. The Labute approximate surface area is 216 Å². The normalized spacial score (nSPS) is 16.9. The minimum absolute atomic E-state index is 0.188. The van der Waals surface area contributed by atoms with Crippen molar-refractivity contribution in [2.75, 3.05) is 31.1 Å². The average Bonchev–Trinajstić information content (AvgIpc) is 2.85. The van der Waals surface area contributed by atoms with Crippen LogP contribution in [0.5, 0.6) is 0 Å². The van der Waals surface area contributed by atoms with Crippen LogP contribution in [-0.2, 0) is 4.43 Å². The van der Waals surface area contributed by atoms with Gasteiger partial charge in [0, 0.05) is 32.0 Å². The van der Waals surface area contributed by atoms with Gasteiger partial charge in [0.1, 0.15) is 0 Å². The van der Waals surface area contributed by atoms with E-state index in [1.807, 2.05) is 41.3 Å². The molecule has 2 aromatic carbocycles. The van der Waals surface area contributed by atoms with Gasteiger partial charge < -0.3 is 14.4 Å². The summed E-state index contributed by atoms with van der Waals surface area (Å²) in [5.74, 6) is 0.591. The van der Waals surface area contributed by atoms with E-state index in [2.05, 4.69) is 70.9 Å². The van der Waals surface area contributed by atoms with Gasteiger partial charge in [-0.25, -0.2) is 14.8 Å². The first-order valence-corrected chi connectivity index (χ1v) is 14.4. The molecule has 7 nitrogen and oxygen atoms in total. The molecule has 3 aromatic rings. The zero-order valence-electron chi connectivity index (χ0n) is 20.3. The number of piperazine rings is 1. The number of rotatable bonds is 6. The SMILES string of the molecule is CC(C)(C)[Si](OCC1CN(c2ncc(Br)cn2)CCN1C(=O)O)(c1ccccc1)c1ccccc1. The van der Waals surface area contributed by atoms with Crippen LogP contribution in [0.3, 0.4) is 0 Å². The summed E-state index contributed by atoms with van der Waals surface area (Å²) in [5.41, 5.74) is 0. The van der Waals surface area contributed by atoms with E-state index in [1.165, 1.54) is 15.3 Å². The second-order valence-corrected chi connectivity index (χ2v) is 15.0. The molecule has 0 radical (unpaired) electrons. The van der Waals surface area contributed by atoms with Crippen LogP contribution < -0.4 is 15.3 Å². The molecular weight excluding hydrogens is 524 g/mol. The molecule has 0 saturated carbocycles. The fraction of sp³-hybridized carbons (Fsp3) is 0.346. The summed E-state index contributed by atoms with van der Waals surface area (Å²) in [6.45, 7) is 8.30. The zero-order valence-corrected chi connectivity index (χ0v) is 22.9. The molecule has 1 saturated heterocycles. The number of anilines is 1. The number of nitrogens with zero attached hydrogens (tertiary/aromatic N) is 4. The molecule has 4 rings (SSSR count). The second kappa shape index (κ2) is 10.5. The van der Waals surface area contributed by atoms with E-state index in [0.29, 0.717) is 25.6 Å². The summed E-state index contributed by atoms with van der Waals surface area (Å²) in [5, 5.41) is 12.1. The molecule has 1 unspecified atom stereocenters. The molecule has 1 aliphatic heterocycles. The highest BCUT2D eigenvalue weighted by Crippen LogP contribution is 2.37. The first-order chi connectivity index (χ1) is 16.7. The number of aromatic nitrogens is 2. The van der Waals surface area contributed by atoms with Crippen LogP contribution in [0.25, 0.3) is 0 Å². The van der Waals surface area contributed by atoms with Gasteiger partial charge in [0.15, 0.2) is 0 Å². The van der Waals surface area contributed by atoms with Crippen molar-refractivity contribution in [2.24, 2.45) is 0 Å². The Kier molecular flexibility index (Phi) is 7.58. The molecule has 1 amide bonds. The maximum absolute atomic E-state index is 12.1. The van der Waals surface area contributed by atoms with Crippen molar-refractivity contribution in [3.63, 3.8) is 0 Å². The van der Waals surface area contributed by atoms with Gasteiger partial charge in [0.2, 0.25) is 5.95 Å². The topological polar surface area (TPSA) is 78.8 Å². The number of amides is 1. The zero-order chi connectivity index (χ0) is 25.1. The molecular formula is C26H31BrN4O3Si. The predicted octanol–water partition coefficient (Wildman–Crippen LogP) is 3.98. The Morgan fingerprint density at radius 2 is 1.57 bits per heavy atom. The number of hydrogen-bond acceptors (Lipinski definition) is 5. The number of hydrogen-bond donors (Lipinski definition) is 1. The summed E-state index contributed by atoms with van der Waals surface area (Å²) < 4.78 is 7.85. The molecule has 1 atom stereocenters. The maximum Gasteiger partial charge on any atom is 0.407 e. The lowest BCUT2D eigenvalue weighted by Crippen LogP contribution is -2.68. The fourth-order valence-electron chi connectivity index (χ4n) is 4.88. The van der Waals surface area contributed by atoms with E-state index in [1.54, 1.807) is 12.4 Å². The van der Waals surface area contributed by atoms with Gasteiger partial charge in [-0.1, -0.05) is 81.4 Å². The Bertz CT molecular complexity index is 1090. The van der Waals surface area contributed by atoms with Crippen LogP contribution in [0.1, 0.15) is 20.8 Å². The Hall–Kier alpha value is -2.75. The number of benzene rings is 2. The van der Waals surface area contributed by atoms with Gasteiger partial charge in [-0.15, -0.1) is 0 Å². The van der Waals surface area contributed by atoms with Crippen LogP contribution >= 0.6 is 15.9 Å². The summed E-state index contributed by atoms with van der Waals surface area (Å²) in [6, 6.07) is 20.4. The van der Waals surface area contributed by atoms with Crippen LogP contribution in [0, 0.1) is 0 Å². The smallest absolute Gasteiger partial charge is 0.407 e. The van der Waals surface area contributed by atoms with E-state index in [-0.39, 0.29) is 17.7 Å². The van der Waals surface area contributed by atoms with Gasteiger partial charge in [-0.2, -0.15) is 0 Å². The van der Waals surface area contributed by atoms with Gasteiger partial charge in [0.05, 0.1) is 17.1 Å². The average molecular weight is 556 g/mol. The van der Waals surface area contributed by atoms with E-state index in [0.717, 1.165) is 4.47 Å². The van der Waals surface area contributed by atoms with Crippen molar-refractivity contribution in [3.8, 4) is 0 Å². The second-order valence-electron chi connectivity index (χ2n) is 9.75. The fourth-order valence-corrected chi connectivity index (χ4v) is 9.69. The molecule has 1 aliphatic rings. The highest BCUT2D eigenvalue weighted by Gasteiger charge is 2.51. The molecule has 1 N–H and O–H groups in total. The van der Waals surface area contributed by atoms with Crippen molar-refractivity contribution in [2.45, 2.75) is 31.9 Å². The first-order valence-electron chi connectivity index (χ1n) is 11.7. The molecule has 0 bridgehead atoms. The summed E-state index contributed by atoms with van der Waals surface area (Å²) >= 11 is 3.37. The molecule has 1 fully saturated rings. The highest BCUT2D eigenvalue weighted by atomic mass is 79.9. The standard InChI is InChI=1S/C26H31BrN4O3Si/c1-26(2,3)35(22-10-6-4-7-11-22,23-12-8-5-9-13-23)34-19-21-18-30(14-15-31(21)25(32)33)24-28-16-20(27)17-29-24/h4-13,16-17,21H,14-15,18-19H2,1-3H3,(H,32,33). The number of carboxylic acid groups (broad SMARTS) is 1. The first kappa shape index (κ1) is 25.3. The minimum Gasteiger partial charge on any atom is -0.465 e. The van der Waals surface area contributed by atoms with Gasteiger partial charge in [0.25, 0.3) is 8.32 Å².